The Kier molecular flexibility index (Phi) is 5.48. The van der Waals surface area contributed by atoms with Crippen molar-refractivity contribution in [1.82, 2.24) is 20.2 Å². The molecule has 0 spiro atoms. The van der Waals surface area contributed by atoms with Gasteiger partial charge in [-0.15, -0.1) is 0 Å². The number of carbonyl (C=O) groups excluding carboxylic acids is 1. The molecule has 1 fully saturated rings. The van der Waals surface area contributed by atoms with Crippen molar-refractivity contribution in [2.24, 2.45) is 0 Å². The van der Waals surface area contributed by atoms with Gasteiger partial charge in [0.05, 0.1) is 6.54 Å². The van der Waals surface area contributed by atoms with E-state index in [4.69, 9.17) is 4.74 Å². The van der Waals surface area contributed by atoms with Gasteiger partial charge in [0.15, 0.2) is 0 Å². The number of hydrogen-bond acceptors (Lipinski definition) is 4. The third-order valence-corrected chi connectivity index (χ3v) is 4.20. The normalized spacial score (nSPS) is 16.7. The molecule has 6 heteroatoms. The monoisotopic (exact) mass is 340 g/mol. The van der Waals surface area contributed by atoms with Crippen molar-refractivity contribution in [3.8, 4) is 6.01 Å². The van der Waals surface area contributed by atoms with Crippen molar-refractivity contribution < 1.29 is 9.53 Å². The lowest BCUT2D eigenvalue weighted by Crippen LogP contribution is -2.40. The number of rotatable bonds is 5. The second-order valence-corrected chi connectivity index (χ2v) is 6.38. The smallest absolute Gasteiger partial charge is 0.317 e. The van der Waals surface area contributed by atoms with Gasteiger partial charge in [0, 0.05) is 30.9 Å². The van der Waals surface area contributed by atoms with E-state index in [-0.39, 0.29) is 12.1 Å². The molecule has 1 saturated heterocycles. The van der Waals surface area contributed by atoms with Gasteiger partial charge in [0.25, 0.3) is 0 Å². The molecule has 1 aromatic carbocycles. The van der Waals surface area contributed by atoms with Crippen LogP contribution in [0.1, 0.15) is 23.4 Å². The van der Waals surface area contributed by atoms with E-state index in [1.807, 2.05) is 38.1 Å². The van der Waals surface area contributed by atoms with E-state index in [0.29, 0.717) is 25.6 Å². The maximum absolute atomic E-state index is 12.3. The first-order chi connectivity index (χ1) is 12.1. The molecule has 3 rings (SSSR count). The highest BCUT2D eigenvalue weighted by Gasteiger charge is 2.28. The van der Waals surface area contributed by atoms with Crippen molar-refractivity contribution in [2.75, 3.05) is 19.6 Å². The number of benzene rings is 1. The van der Waals surface area contributed by atoms with Crippen LogP contribution in [-0.4, -0.2) is 46.6 Å². The molecule has 25 heavy (non-hydrogen) atoms. The Hall–Kier alpha value is -2.63. The van der Waals surface area contributed by atoms with Gasteiger partial charge in [0.2, 0.25) is 0 Å². The lowest BCUT2D eigenvalue weighted by molar-refractivity contribution is 0.178. The van der Waals surface area contributed by atoms with Crippen LogP contribution in [0.25, 0.3) is 0 Å². The third-order valence-electron chi connectivity index (χ3n) is 4.20. The van der Waals surface area contributed by atoms with Crippen LogP contribution < -0.4 is 10.1 Å². The molecule has 0 aliphatic carbocycles. The van der Waals surface area contributed by atoms with Gasteiger partial charge in [0.1, 0.15) is 6.10 Å². The average molecular weight is 340 g/mol. The zero-order chi connectivity index (χ0) is 17.6. The third kappa shape index (κ3) is 4.92. The summed E-state index contributed by atoms with van der Waals surface area (Å²) in [5.41, 5.74) is 2.99. The molecule has 6 nitrogen and oxygen atoms in total. The van der Waals surface area contributed by atoms with Crippen LogP contribution in [0, 0.1) is 13.8 Å². The standard InChI is InChI=1S/C19H24N4O2/c1-14-12-15(2)22-18(21-14)25-17-9-11-23(13-17)19(24)20-10-8-16-6-4-3-5-7-16/h3-7,12,17H,8-11,13H2,1-2H3,(H,20,24). The van der Waals surface area contributed by atoms with Gasteiger partial charge >= 0.3 is 12.0 Å². The Labute approximate surface area is 148 Å². The predicted octanol–water partition coefficient (Wildman–Crippen LogP) is 2.50. The summed E-state index contributed by atoms with van der Waals surface area (Å²) in [6, 6.07) is 12.4. The summed E-state index contributed by atoms with van der Waals surface area (Å²) in [5, 5.41) is 2.98. The maximum Gasteiger partial charge on any atom is 0.317 e. The van der Waals surface area contributed by atoms with Gasteiger partial charge < -0.3 is 15.0 Å². The molecule has 1 aliphatic heterocycles. The van der Waals surface area contributed by atoms with Gasteiger partial charge in [-0.1, -0.05) is 30.3 Å². The van der Waals surface area contributed by atoms with Crippen LogP contribution in [-0.2, 0) is 6.42 Å². The first kappa shape index (κ1) is 17.2. The number of ether oxygens (including phenoxy) is 1. The van der Waals surface area contributed by atoms with E-state index in [1.54, 1.807) is 4.90 Å². The van der Waals surface area contributed by atoms with Gasteiger partial charge in [-0.05, 0) is 31.9 Å². The molecule has 0 radical (unpaired) electrons. The zero-order valence-corrected chi connectivity index (χ0v) is 14.7. The number of urea groups is 1. The molecule has 1 atom stereocenters. The van der Waals surface area contributed by atoms with Crippen LogP contribution in [0.4, 0.5) is 4.79 Å². The molecule has 1 unspecified atom stereocenters. The van der Waals surface area contributed by atoms with Crippen LogP contribution >= 0.6 is 0 Å². The Bertz CT molecular complexity index is 700. The predicted molar refractivity (Wildman–Crippen MR) is 95.7 cm³/mol. The number of aryl methyl sites for hydroxylation is 2. The Morgan fingerprint density at radius 1 is 1.24 bits per heavy atom. The van der Waals surface area contributed by atoms with Crippen LogP contribution in [0.3, 0.4) is 0 Å². The molecule has 132 valence electrons. The fraction of sp³-hybridized carbons (Fsp3) is 0.421. The van der Waals surface area contributed by atoms with Gasteiger partial charge in [-0.3, -0.25) is 0 Å². The van der Waals surface area contributed by atoms with Crippen LogP contribution in [0.2, 0.25) is 0 Å². The molecule has 1 N–H and O–H groups in total. The summed E-state index contributed by atoms with van der Waals surface area (Å²) in [7, 11) is 0. The quantitative estimate of drug-likeness (QED) is 0.908. The molecule has 0 bridgehead atoms. The molecular weight excluding hydrogens is 316 g/mol. The minimum absolute atomic E-state index is 0.0385. The van der Waals surface area contributed by atoms with Gasteiger partial charge in [-0.2, -0.15) is 0 Å². The lowest BCUT2D eigenvalue weighted by Gasteiger charge is -2.17. The van der Waals surface area contributed by atoms with E-state index in [2.05, 4.69) is 27.4 Å². The number of carbonyl (C=O) groups is 1. The fourth-order valence-corrected chi connectivity index (χ4v) is 2.97. The molecule has 2 amide bonds. The van der Waals surface area contributed by atoms with E-state index in [0.717, 1.165) is 24.2 Å². The Morgan fingerprint density at radius 3 is 2.68 bits per heavy atom. The van der Waals surface area contributed by atoms with Crippen LogP contribution in [0.5, 0.6) is 6.01 Å². The van der Waals surface area contributed by atoms with Crippen LogP contribution in [0.15, 0.2) is 36.4 Å². The molecule has 1 aromatic heterocycles. The summed E-state index contributed by atoms with van der Waals surface area (Å²) in [5.74, 6) is 0. The molecular formula is C19H24N4O2. The van der Waals surface area contributed by atoms with Crippen molar-refractivity contribution in [1.29, 1.82) is 0 Å². The number of aromatic nitrogens is 2. The number of likely N-dealkylation sites (tertiary alicyclic amines) is 1. The summed E-state index contributed by atoms with van der Waals surface area (Å²) in [6.45, 7) is 5.72. The molecule has 2 heterocycles. The molecule has 0 saturated carbocycles. The summed E-state index contributed by atoms with van der Waals surface area (Å²) < 4.78 is 5.85. The minimum Gasteiger partial charge on any atom is -0.458 e. The number of nitrogens with zero attached hydrogens (tertiary/aromatic N) is 3. The molecule has 2 aromatic rings. The SMILES string of the molecule is Cc1cc(C)nc(OC2CCN(C(=O)NCCc3ccccc3)C2)n1. The first-order valence-corrected chi connectivity index (χ1v) is 8.66. The number of nitrogens with one attached hydrogen (secondary N) is 1. The number of amides is 2. The first-order valence-electron chi connectivity index (χ1n) is 8.66. The van der Waals surface area contributed by atoms with E-state index in [9.17, 15) is 4.79 Å². The van der Waals surface area contributed by atoms with Gasteiger partial charge in [-0.25, -0.2) is 14.8 Å². The lowest BCUT2D eigenvalue weighted by atomic mass is 10.1. The Balaban J connectivity index is 1.44. The largest absolute Gasteiger partial charge is 0.458 e. The maximum atomic E-state index is 12.3. The minimum atomic E-state index is -0.0546. The van der Waals surface area contributed by atoms with Crippen molar-refractivity contribution in [3.63, 3.8) is 0 Å². The second kappa shape index (κ2) is 7.96. The fourth-order valence-electron chi connectivity index (χ4n) is 2.97. The highest BCUT2D eigenvalue weighted by molar-refractivity contribution is 5.74. The number of hydrogen-bond donors (Lipinski definition) is 1. The van der Waals surface area contributed by atoms with Crippen molar-refractivity contribution in [3.05, 3.63) is 53.3 Å². The summed E-state index contributed by atoms with van der Waals surface area (Å²) in [4.78, 5) is 22.7. The second-order valence-electron chi connectivity index (χ2n) is 6.38. The highest BCUT2D eigenvalue weighted by atomic mass is 16.5. The average Bonchev–Trinajstić information content (AvgIpc) is 3.03. The van der Waals surface area contributed by atoms with E-state index >= 15 is 0 Å². The zero-order valence-electron chi connectivity index (χ0n) is 14.7. The van der Waals surface area contributed by atoms with Crippen molar-refractivity contribution >= 4 is 6.03 Å². The van der Waals surface area contributed by atoms with E-state index in [1.165, 1.54) is 5.56 Å². The molecule has 1 aliphatic rings. The van der Waals surface area contributed by atoms with E-state index < -0.39 is 0 Å². The summed E-state index contributed by atoms with van der Waals surface area (Å²) in [6.07, 6.45) is 1.57. The topological polar surface area (TPSA) is 67.3 Å². The van der Waals surface area contributed by atoms with Crippen molar-refractivity contribution in [2.45, 2.75) is 32.8 Å². The Morgan fingerprint density at radius 2 is 1.96 bits per heavy atom. The highest BCUT2D eigenvalue weighted by Crippen LogP contribution is 2.16. The summed E-state index contributed by atoms with van der Waals surface area (Å²) >= 11 is 0.